The van der Waals surface area contributed by atoms with Crippen LogP contribution < -0.4 is 4.72 Å². The highest BCUT2D eigenvalue weighted by Crippen LogP contribution is 2.44. The Balaban J connectivity index is 1.44. The molecule has 0 bridgehead atoms. The van der Waals surface area contributed by atoms with Gasteiger partial charge in [-0.05, 0) is 97.3 Å². The van der Waals surface area contributed by atoms with Crippen LogP contribution in [0.1, 0.15) is 98.8 Å². The van der Waals surface area contributed by atoms with Crippen LogP contribution in [0.3, 0.4) is 0 Å². The molecular formula is C26H45N3O4S. The molecule has 34 heavy (non-hydrogen) atoms. The van der Waals surface area contributed by atoms with Crippen molar-refractivity contribution in [1.29, 1.82) is 0 Å². The predicted octanol–water partition coefficient (Wildman–Crippen LogP) is 3.68. The fraction of sp³-hybridized carbons (Fsp3) is 0.923. The standard InChI is InChI=1S/C26H45N3O4S/c1-17-16-28(25(31)20-7-6-8-20)24-15-21(11-14-23(24)29(17)18(2)30)19-9-12-22(13-10-19)34(32,33)27-26(3,4)5/h17,19-24,27H,6-16H2,1-5H3/t17-,19?,21?,22?,23?,24?/m0/s1. The van der Waals surface area contributed by atoms with Crippen molar-refractivity contribution in [3.8, 4) is 0 Å². The average molecular weight is 496 g/mol. The van der Waals surface area contributed by atoms with Crippen LogP contribution in [0.2, 0.25) is 0 Å². The maximum atomic E-state index is 13.4. The van der Waals surface area contributed by atoms with E-state index in [1.54, 1.807) is 6.92 Å². The number of fused-ring (bicyclic) bond motifs is 1. The summed E-state index contributed by atoms with van der Waals surface area (Å²) < 4.78 is 28.5. The molecule has 0 radical (unpaired) electrons. The Bertz CT molecular complexity index is 871. The van der Waals surface area contributed by atoms with Crippen LogP contribution >= 0.6 is 0 Å². The molecule has 194 valence electrons. The number of sulfonamides is 1. The van der Waals surface area contributed by atoms with Gasteiger partial charge < -0.3 is 9.80 Å². The largest absolute Gasteiger partial charge is 0.335 e. The number of piperazine rings is 1. The zero-order chi connectivity index (χ0) is 24.8. The lowest BCUT2D eigenvalue weighted by atomic mass is 9.69. The highest BCUT2D eigenvalue weighted by atomic mass is 32.2. The second kappa shape index (κ2) is 9.72. The summed E-state index contributed by atoms with van der Waals surface area (Å²) in [6.07, 6.45) is 9.38. The number of nitrogens with one attached hydrogen (secondary N) is 1. The van der Waals surface area contributed by atoms with Crippen molar-refractivity contribution in [2.75, 3.05) is 6.54 Å². The van der Waals surface area contributed by atoms with Crippen molar-refractivity contribution in [1.82, 2.24) is 14.5 Å². The van der Waals surface area contributed by atoms with Gasteiger partial charge in [-0.3, -0.25) is 9.59 Å². The molecule has 3 aliphatic carbocycles. The second-order valence-electron chi connectivity index (χ2n) is 12.5. The topological polar surface area (TPSA) is 86.8 Å². The SMILES string of the molecule is CC(=O)N1C2CCC(C3CCC(S(=O)(=O)NC(C)(C)C)CC3)CC2N(C(=O)C2CCC2)C[C@@H]1C. The molecule has 1 heterocycles. The van der Waals surface area contributed by atoms with Crippen molar-refractivity contribution in [2.45, 2.75) is 128 Å². The van der Waals surface area contributed by atoms with Crippen LogP contribution in [-0.4, -0.2) is 65.5 Å². The van der Waals surface area contributed by atoms with Gasteiger partial charge in [-0.15, -0.1) is 0 Å². The van der Waals surface area contributed by atoms with E-state index in [1.165, 1.54) is 0 Å². The molecular weight excluding hydrogens is 450 g/mol. The summed E-state index contributed by atoms with van der Waals surface area (Å²) in [6, 6.07) is 0.292. The highest BCUT2D eigenvalue weighted by molar-refractivity contribution is 7.90. The first-order valence-electron chi connectivity index (χ1n) is 13.5. The zero-order valence-corrected chi connectivity index (χ0v) is 22.6. The Morgan fingerprint density at radius 3 is 2.03 bits per heavy atom. The second-order valence-corrected chi connectivity index (χ2v) is 14.5. The molecule has 1 aliphatic heterocycles. The normalized spacial score (nSPS) is 35.4. The van der Waals surface area contributed by atoms with Gasteiger partial charge in [0, 0.05) is 31.0 Å². The minimum Gasteiger partial charge on any atom is -0.335 e. The van der Waals surface area contributed by atoms with Gasteiger partial charge in [0.25, 0.3) is 0 Å². The summed E-state index contributed by atoms with van der Waals surface area (Å²) >= 11 is 0. The number of hydrogen-bond acceptors (Lipinski definition) is 4. The predicted molar refractivity (Wildman–Crippen MR) is 134 cm³/mol. The van der Waals surface area contributed by atoms with Crippen LogP contribution in [0, 0.1) is 17.8 Å². The lowest BCUT2D eigenvalue weighted by molar-refractivity contribution is -0.159. The third-order valence-electron chi connectivity index (χ3n) is 8.89. The number of carbonyl (C=O) groups excluding carboxylic acids is 2. The van der Waals surface area contributed by atoms with Gasteiger partial charge in [0.1, 0.15) is 0 Å². The van der Waals surface area contributed by atoms with E-state index < -0.39 is 15.6 Å². The van der Waals surface area contributed by atoms with E-state index in [0.717, 1.165) is 51.4 Å². The molecule has 0 aromatic rings. The Kier molecular flexibility index (Phi) is 7.41. The van der Waals surface area contributed by atoms with Gasteiger partial charge in [-0.25, -0.2) is 13.1 Å². The fourth-order valence-corrected chi connectivity index (χ4v) is 9.07. The summed E-state index contributed by atoms with van der Waals surface area (Å²) in [4.78, 5) is 30.1. The molecule has 7 nitrogen and oxygen atoms in total. The zero-order valence-electron chi connectivity index (χ0n) is 21.8. The van der Waals surface area contributed by atoms with Gasteiger partial charge in [-0.1, -0.05) is 6.42 Å². The van der Waals surface area contributed by atoms with Crippen molar-refractivity contribution in [2.24, 2.45) is 17.8 Å². The number of rotatable bonds is 4. The van der Waals surface area contributed by atoms with Crippen molar-refractivity contribution in [3.05, 3.63) is 0 Å². The van der Waals surface area contributed by atoms with E-state index in [1.807, 2.05) is 25.7 Å². The van der Waals surface area contributed by atoms with Crippen molar-refractivity contribution in [3.63, 3.8) is 0 Å². The molecule has 0 aromatic carbocycles. The number of carbonyl (C=O) groups is 2. The summed E-state index contributed by atoms with van der Waals surface area (Å²) in [5.74, 6) is 1.61. The quantitative estimate of drug-likeness (QED) is 0.645. The maximum Gasteiger partial charge on any atom is 0.226 e. The Labute approximate surface area is 206 Å². The maximum absolute atomic E-state index is 13.4. The number of amides is 2. The van der Waals surface area contributed by atoms with Gasteiger partial charge in [-0.2, -0.15) is 0 Å². The van der Waals surface area contributed by atoms with Crippen LogP contribution in [-0.2, 0) is 19.6 Å². The molecule has 2 amide bonds. The van der Waals surface area contributed by atoms with E-state index in [4.69, 9.17) is 0 Å². The Morgan fingerprint density at radius 2 is 1.50 bits per heavy atom. The summed E-state index contributed by atoms with van der Waals surface area (Å²) in [6.45, 7) is 10.1. The van der Waals surface area contributed by atoms with Crippen LogP contribution in [0.15, 0.2) is 0 Å². The molecule has 4 rings (SSSR count). The molecule has 3 unspecified atom stereocenters. The van der Waals surface area contributed by atoms with Crippen LogP contribution in [0.25, 0.3) is 0 Å². The van der Waals surface area contributed by atoms with Gasteiger partial charge in [0.05, 0.1) is 17.3 Å². The van der Waals surface area contributed by atoms with Crippen LogP contribution in [0.4, 0.5) is 0 Å². The highest BCUT2D eigenvalue weighted by Gasteiger charge is 2.49. The van der Waals surface area contributed by atoms with E-state index in [9.17, 15) is 18.0 Å². The smallest absolute Gasteiger partial charge is 0.226 e. The van der Waals surface area contributed by atoms with Crippen molar-refractivity contribution >= 4 is 21.8 Å². The summed E-state index contributed by atoms with van der Waals surface area (Å²) in [5.41, 5.74) is -0.453. The van der Waals surface area contributed by atoms with Gasteiger partial charge >= 0.3 is 0 Å². The lowest BCUT2D eigenvalue weighted by Gasteiger charge is -2.55. The Hall–Kier alpha value is -1.15. The molecule has 0 spiro atoms. The Morgan fingerprint density at radius 1 is 0.882 bits per heavy atom. The summed E-state index contributed by atoms with van der Waals surface area (Å²) in [5, 5.41) is -0.306. The van der Waals surface area contributed by atoms with E-state index in [-0.39, 0.29) is 35.2 Å². The van der Waals surface area contributed by atoms with Gasteiger partial charge in [0.15, 0.2) is 0 Å². The molecule has 1 saturated heterocycles. The summed E-state index contributed by atoms with van der Waals surface area (Å²) in [7, 11) is -3.31. The van der Waals surface area contributed by atoms with E-state index in [2.05, 4.69) is 16.5 Å². The molecule has 4 aliphatic rings. The van der Waals surface area contributed by atoms with E-state index in [0.29, 0.717) is 37.1 Å². The molecule has 3 saturated carbocycles. The molecule has 4 fully saturated rings. The number of hydrogen-bond donors (Lipinski definition) is 1. The first kappa shape index (κ1) is 25.9. The van der Waals surface area contributed by atoms with Crippen molar-refractivity contribution < 1.29 is 18.0 Å². The minimum atomic E-state index is -3.31. The first-order chi connectivity index (χ1) is 15.9. The van der Waals surface area contributed by atoms with Crippen LogP contribution in [0.5, 0.6) is 0 Å². The molecule has 8 heteroatoms. The monoisotopic (exact) mass is 495 g/mol. The van der Waals surface area contributed by atoms with Gasteiger partial charge in [0.2, 0.25) is 21.8 Å². The number of nitrogens with zero attached hydrogens (tertiary/aromatic N) is 2. The fourth-order valence-electron chi connectivity index (χ4n) is 7.15. The molecule has 1 N–H and O–H groups in total. The lowest BCUT2D eigenvalue weighted by Crippen LogP contribution is -2.67. The molecule has 4 atom stereocenters. The molecule has 0 aromatic heterocycles. The average Bonchev–Trinajstić information content (AvgIpc) is 2.69. The third-order valence-corrected chi connectivity index (χ3v) is 11.1. The first-order valence-corrected chi connectivity index (χ1v) is 15.0. The third kappa shape index (κ3) is 5.32. The minimum absolute atomic E-state index is 0.0651. The van der Waals surface area contributed by atoms with E-state index >= 15 is 0 Å².